The minimum atomic E-state index is -2.50. The zero-order valence-corrected chi connectivity index (χ0v) is 11.8. The highest BCUT2D eigenvalue weighted by molar-refractivity contribution is 9.10. The first-order chi connectivity index (χ1) is 9.04. The third-order valence-corrected chi connectivity index (χ3v) is 2.55. The van der Waals surface area contributed by atoms with Gasteiger partial charge < -0.3 is 15.4 Å². The highest BCUT2D eigenvalue weighted by atomic mass is 79.9. The molecule has 2 N–H and O–H groups in total. The van der Waals surface area contributed by atoms with Crippen LogP contribution in [-0.2, 0) is 4.74 Å². The molecule has 1 rings (SSSR count). The predicted molar refractivity (Wildman–Crippen MR) is 70.6 cm³/mol. The van der Waals surface area contributed by atoms with Crippen molar-refractivity contribution in [2.24, 2.45) is 0 Å². The molecule has 0 saturated carbocycles. The smallest absolute Gasteiger partial charge is 0.261 e. The molecule has 8 heteroatoms. The summed E-state index contributed by atoms with van der Waals surface area (Å²) in [6.45, 7) is -0.441. The lowest BCUT2D eigenvalue weighted by Crippen LogP contribution is -2.28. The van der Waals surface area contributed by atoms with Crippen LogP contribution in [0.2, 0.25) is 0 Å². The van der Waals surface area contributed by atoms with Crippen LogP contribution in [0, 0.1) is 0 Å². The molecule has 0 fully saturated rings. The Morgan fingerprint density at radius 1 is 1.58 bits per heavy atom. The third-order valence-electron chi connectivity index (χ3n) is 2.11. The molecule has 1 heterocycles. The van der Waals surface area contributed by atoms with E-state index in [4.69, 9.17) is 0 Å². The molecule has 5 nitrogen and oxygen atoms in total. The van der Waals surface area contributed by atoms with Gasteiger partial charge in [-0.1, -0.05) is 0 Å². The number of hydrogen-bond acceptors (Lipinski definition) is 4. The second-order valence-corrected chi connectivity index (χ2v) is 4.44. The Bertz CT molecular complexity index is 432. The fourth-order valence-electron chi connectivity index (χ4n) is 1.32. The molecule has 19 heavy (non-hydrogen) atoms. The second kappa shape index (κ2) is 8.00. The van der Waals surface area contributed by atoms with Gasteiger partial charge in [0, 0.05) is 24.3 Å². The summed E-state index contributed by atoms with van der Waals surface area (Å²) >= 11 is 3.22. The van der Waals surface area contributed by atoms with Gasteiger partial charge in [-0.3, -0.25) is 4.79 Å². The summed E-state index contributed by atoms with van der Waals surface area (Å²) in [5.74, 6) is 0.0907. The molecular formula is C11H14BrF2N3O2. The van der Waals surface area contributed by atoms with Crippen LogP contribution in [0.3, 0.4) is 0 Å². The van der Waals surface area contributed by atoms with Gasteiger partial charge in [0.15, 0.2) is 0 Å². The molecule has 0 unspecified atom stereocenters. The lowest BCUT2D eigenvalue weighted by Gasteiger charge is -2.09. The van der Waals surface area contributed by atoms with Crippen LogP contribution in [-0.4, -0.2) is 44.1 Å². The van der Waals surface area contributed by atoms with Gasteiger partial charge in [0.1, 0.15) is 12.4 Å². The maximum absolute atomic E-state index is 11.9. The number of hydrogen-bond donors (Lipinski definition) is 2. The summed E-state index contributed by atoms with van der Waals surface area (Å²) < 4.78 is 28.9. The van der Waals surface area contributed by atoms with Gasteiger partial charge in [-0.05, 0) is 22.0 Å². The fourth-order valence-corrected chi connectivity index (χ4v) is 1.65. The van der Waals surface area contributed by atoms with Crippen LogP contribution in [0.4, 0.5) is 14.6 Å². The summed E-state index contributed by atoms with van der Waals surface area (Å²) in [5.41, 5.74) is 0.366. The van der Waals surface area contributed by atoms with Crippen LogP contribution in [0.5, 0.6) is 0 Å². The van der Waals surface area contributed by atoms with E-state index in [1.165, 1.54) is 0 Å². The first-order valence-electron chi connectivity index (χ1n) is 5.52. The van der Waals surface area contributed by atoms with Crippen LogP contribution in [0.25, 0.3) is 0 Å². The fraction of sp³-hybridized carbons (Fsp3) is 0.455. The van der Waals surface area contributed by atoms with Crippen LogP contribution >= 0.6 is 15.9 Å². The quantitative estimate of drug-likeness (QED) is 0.746. The number of carbonyl (C=O) groups excluding carboxylic acids is 1. The number of alkyl halides is 2. The van der Waals surface area contributed by atoms with Gasteiger partial charge >= 0.3 is 0 Å². The van der Waals surface area contributed by atoms with E-state index in [1.54, 1.807) is 19.3 Å². The molecule has 0 spiro atoms. The van der Waals surface area contributed by atoms with Crippen LogP contribution in [0.1, 0.15) is 10.4 Å². The van der Waals surface area contributed by atoms with Crippen LogP contribution < -0.4 is 10.6 Å². The van der Waals surface area contributed by atoms with E-state index in [1.807, 2.05) is 0 Å². The number of ether oxygens (including phenoxy) is 1. The first-order valence-corrected chi connectivity index (χ1v) is 6.31. The molecule has 0 bridgehead atoms. The summed E-state index contributed by atoms with van der Waals surface area (Å²) in [6.07, 6.45) is -0.935. The molecule has 0 aliphatic rings. The van der Waals surface area contributed by atoms with E-state index in [0.29, 0.717) is 15.9 Å². The predicted octanol–water partition coefficient (Wildman–Crippen LogP) is 1.90. The second-order valence-electron chi connectivity index (χ2n) is 3.52. The molecule has 1 aromatic heterocycles. The van der Waals surface area contributed by atoms with Gasteiger partial charge in [-0.15, -0.1) is 0 Å². The third kappa shape index (κ3) is 5.48. The van der Waals surface area contributed by atoms with E-state index in [0.717, 1.165) is 0 Å². The van der Waals surface area contributed by atoms with E-state index >= 15 is 0 Å². The largest absolute Gasteiger partial charge is 0.374 e. The minimum Gasteiger partial charge on any atom is -0.374 e. The molecule has 106 valence electrons. The van der Waals surface area contributed by atoms with E-state index in [2.05, 4.69) is 36.3 Å². The number of amides is 1. The molecule has 0 atom stereocenters. The Labute approximate surface area is 117 Å². The molecule has 1 aromatic rings. The SMILES string of the molecule is CNc1ncc(Br)cc1C(=O)NCCOCC(F)F. The average Bonchev–Trinajstić information content (AvgIpc) is 2.37. The molecule has 0 saturated heterocycles. The van der Waals surface area contributed by atoms with Gasteiger partial charge in [0.25, 0.3) is 12.3 Å². The molecule has 0 aromatic carbocycles. The van der Waals surface area contributed by atoms with Crippen molar-refractivity contribution in [2.45, 2.75) is 6.43 Å². The van der Waals surface area contributed by atoms with Crippen molar-refractivity contribution >= 4 is 27.7 Å². The Kier molecular flexibility index (Phi) is 6.65. The van der Waals surface area contributed by atoms with Crippen molar-refractivity contribution < 1.29 is 18.3 Å². The van der Waals surface area contributed by atoms with Gasteiger partial charge in [0.05, 0.1) is 12.2 Å². The highest BCUT2D eigenvalue weighted by Crippen LogP contribution is 2.17. The first kappa shape index (κ1) is 15.8. The summed E-state index contributed by atoms with van der Waals surface area (Å²) in [4.78, 5) is 15.9. The maximum atomic E-state index is 11.9. The van der Waals surface area contributed by atoms with Crippen molar-refractivity contribution in [3.05, 3.63) is 22.3 Å². The monoisotopic (exact) mass is 337 g/mol. The van der Waals surface area contributed by atoms with Crippen molar-refractivity contribution in [3.63, 3.8) is 0 Å². The van der Waals surface area contributed by atoms with Crippen molar-refractivity contribution in [1.29, 1.82) is 0 Å². The Morgan fingerprint density at radius 3 is 2.95 bits per heavy atom. The number of rotatable bonds is 7. The summed E-state index contributed by atoms with van der Waals surface area (Å²) in [7, 11) is 1.65. The molecular weight excluding hydrogens is 324 g/mol. The van der Waals surface area contributed by atoms with Gasteiger partial charge in [0.2, 0.25) is 0 Å². The number of pyridine rings is 1. The highest BCUT2D eigenvalue weighted by Gasteiger charge is 2.12. The number of aromatic nitrogens is 1. The maximum Gasteiger partial charge on any atom is 0.261 e. The van der Waals surface area contributed by atoms with Crippen molar-refractivity contribution in [2.75, 3.05) is 32.1 Å². The molecule has 0 aliphatic carbocycles. The van der Waals surface area contributed by atoms with E-state index in [9.17, 15) is 13.6 Å². The summed E-state index contributed by atoms with van der Waals surface area (Å²) in [5, 5.41) is 5.36. The van der Waals surface area contributed by atoms with Gasteiger partial charge in [-0.25, -0.2) is 13.8 Å². The van der Waals surface area contributed by atoms with Crippen molar-refractivity contribution in [1.82, 2.24) is 10.3 Å². The van der Waals surface area contributed by atoms with E-state index in [-0.39, 0.29) is 19.1 Å². The van der Waals surface area contributed by atoms with Crippen molar-refractivity contribution in [3.8, 4) is 0 Å². The molecule has 0 aliphatic heterocycles. The van der Waals surface area contributed by atoms with Gasteiger partial charge in [-0.2, -0.15) is 0 Å². The zero-order chi connectivity index (χ0) is 14.3. The zero-order valence-electron chi connectivity index (χ0n) is 10.3. The number of carbonyl (C=O) groups is 1. The van der Waals surface area contributed by atoms with E-state index < -0.39 is 13.0 Å². The normalized spacial score (nSPS) is 10.6. The lowest BCUT2D eigenvalue weighted by molar-refractivity contribution is 0.0188. The standard InChI is InChI=1S/C11H14BrF2N3O2/c1-15-10-8(4-7(12)5-17-10)11(18)16-2-3-19-6-9(13)14/h4-5,9H,2-3,6H2,1H3,(H,15,17)(H,16,18). The number of nitrogens with zero attached hydrogens (tertiary/aromatic N) is 1. The van der Waals surface area contributed by atoms with Crippen LogP contribution in [0.15, 0.2) is 16.7 Å². The number of nitrogens with one attached hydrogen (secondary N) is 2. The topological polar surface area (TPSA) is 63.2 Å². The number of halogens is 3. The molecule has 1 amide bonds. The summed E-state index contributed by atoms with van der Waals surface area (Å²) in [6, 6.07) is 1.62. The molecule has 0 radical (unpaired) electrons. The minimum absolute atomic E-state index is 0.0341. The lowest BCUT2D eigenvalue weighted by atomic mass is 10.2. The Balaban J connectivity index is 2.47. The average molecular weight is 338 g/mol. The Morgan fingerprint density at radius 2 is 2.32 bits per heavy atom. The Hall–Kier alpha value is -1.28. The number of anilines is 1.